The molecule has 0 N–H and O–H groups in total. The standard InChI is InChI=1S/C14H15N5O/c20-11-12-2-3-13(17-10-12)18-6-8-19(9-7-18)14-15-4-1-5-16-14/h1-5,10-11H,6-9H2. The van der Waals surface area contributed by atoms with Gasteiger partial charge in [0, 0.05) is 50.3 Å². The molecule has 0 spiro atoms. The third-order valence-electron chi connectivity index (χ3n) is 3.35. The van der Waals surface area contributed by atoms with Gasteiger partial charge in [-0.05, 0) is 18.2 Å². The van der Waals surface area contributed by atoms with Crippen LogP contribution in [0.15, 0.2) is 36.8 Å². The smallest absolute Gasteiger partial charge is 0.225 e. The molecule has 1 aliphatic rings. The van der Waals surface area contributed by atoms with Gasteiger partial charge in [0.15, 0.2) is 6.29 Å². The van der Waals surface area contributed by atoms with Crippen LogP contribution in [0.25, 0.3) is 0 Å². The van der Waals surface area contributed by atoms with E-state index in [1.807, 2.05) is 12.1 Å². The molecule has 3 heterocycles. The van der Waals surface area contributed by atoms with Crippen LogP contribution in [0.4, 0.5) is 11.8 Å². The fraction of sp³-hybridized carbons (Fsp3) is 0.286. The van der Waals surface area contributed by atoms with Crippen LogP contribution in [0.5, 0.6) is 0 Å². The van der Waals surface area contributed by atoms with Gasteiger partial charge in [0.05, 0.1) is 0 Å². The quantitative estimate of drug-likeness (QED) is 0.775. The van der Waals surface area contributed by atoms with Crippen molar-refractivity contribution >= 4 is 18.1 Å². The summed E-state index contributed by atoms with van der Waals surface area (Å²) in [5.74, 6) is 1.68. The number of aldehydes is 1. The second-order valence-electron chi connectivity index (χ2n) is 4.59. The molecule has 102 valence electrons. The molecule has 0 amide bonds. The topological polar surface area (TPSA) is 62.2 Å². The molecule has 2 aromatic rings. The summed E-state index contributed by atoms with van der Waals surface area (Å²) >= 11 is 0. The van der Waals surface area contributed by atoms with Crippen LogP contribution in [0.3, 0.4) is 0 Å². The van der Waals surface area contributed by atoms with E-state index in [1.165, 1.54) is 0 Å². The Balaban J connectivity index is 1.64. The van der Waals surface area contributed by atoms with Crippen molar-refractivity contribution < 1.29 is 4.79 Å². The Hall–Kier alpha value is -2.50. The Morgan fingerprint density at radius 3 is 2.25 bits per heavy atom. The molecule has 0 saturated carbocycles. The first-order valence-corrected chi connectivity index (χ1v) is 6.55. The van der Waals surface area contributed by atoms with E-state index in [9.17, 15) is 4.79 Å². The lowest BCUT2D eigenvalue weighted by molar-refractivity contribution is 0.112. The number of nitrogens with zero attached hydrogens (tertiary/aromatic N) is 5. The molecule has 0 unspecified atom stereocenters. The maximum absolute atomic E-state index is 10.6. The zero-order valence-corrected chi connectivity index (χ0v) is 11.0. The first-order valence-electron chi connectivity index (χ1n) is 6.55. The highest BCUT2D eigenvalue weighted by Crippen LogP contribution is 2.15. The Morgan fingerprint density at radius 2 is 1.65 bits per heavy atom. The van der Waals surface area contributed by atoms with Gasteiger partial charge in [-0.3, -0.25) is 4.79 Å². The molecule has 20 heavy (non-hydrogen) atoms. The normalized spacial score (nSPS) is 15.2. The summed E-state index contributed by atoms with van der Waals surface area (Å²) in [4.78, 5) is 27.8. The van der Waals surface area contributed by atoms with Gasteiger partial charge in [0.1, 0.15) is 5.82 Å². The molecule has 0 aromatic carbocycles. The highest BCUT2D eigenvalue weighted by molar-refractivity contribution is 5.74. The molecule has 1 fully saturated rings. The third-order valence-corrected chi connectivity index (χ3v) is 3.35. The monoisotopic (exact) mass is 269 g/mol. The van der Waals surface area contributed by atoms with Crippen LogP contribution >= 0.6 is 0 Å². The molecule has 0 aliphatic carbocycles. The summed E-state index contributed by atoms with van der Waals surface area (Å²) < 4.78 is 0. The predicted molar refractivity (Wildman–Crippen MR) is 76.1 cm³/mol. The van der Waals surface area contributed by atoms with Crippen LogP contribution in [0.2, 0.25) is 0 Å². The van der Waals surface area contributed by atoms with Crippen molar-refractivity contribution in [2.45, 2.75) is 0 Å². The molecule has 0 radical (unpaired) electrons. The van der Waals surface area contributed by atoms with E-state index in [0.29, 0.717) is 5.56 Å². The summed E-state index contributed by atoms with van der Waals surface area (Å²) in [6.45, 7) is 3.46. The van der Waals surface area contributed by atoms with E-state index in [1.54, 1.807) is 24.7 Å². The average Bonchev–Trinajstić information content (AvgIpc) is 2.56. The lowest BCUT2D eigenvalue weighted by Gasteiger charge is -2.35. The Morgan fingerprint density at radius 1 is 0.950 bits per heavy atom. The molecule has 3 rings (SSSR count). The molecule has 0 atom stereocenters. The SMILES string of the molecule is O=Cc1ccc(N2CCN(c3ncccn3)CC2)nc1. The maximum Gasteiger partial charge on any atom is 0.225 e. The minimum absolute atomic E-state index is 0.602. The van der Waals surface area contributed by atoms with Gasteiger partial charge in [-0.15, -0.1) is 0 Å². The number of rotatable bonds is 3. The van der Waals surface area contributed by atoms with Crippen LogP contribution in [0, 0.1) is 0 Å². The summed E-state index contributed by atoms with van der Waals surface area (Å²) in [6.07, 6.45) is 5.93. The average molecular weight is 269 g/mol. The maximum atomic E-state index is 10.6. The number of anilines is 2. The molecular weight excluding hydrogens is 254 g/mol. The van der Waals surface area contributed by atoms with E-state index < -0.39 is 0 Å². The van der Waals surface area contributed by atoms with Crippen molar-refractivity contribution in [3.8, 4) is 0 Å². The molecule has 6 heteroatoms. The molecule has 1 aliphatic heterocycles. The Labute approximate surface area is 117 Å². The number of carbonyl (C=O) groups excluding carboxylic acids is 1. The van der Waals surface area contributed by atoms with Gasteiger partial charge in [-0.1, -0.05) is 0 Å². The fourth-order valence-electron chi connectivity index (χ4n) is 2.24. The van der Waals surface area contributed by atoms with Crippen molar-refractivity contribution in [3.63, 3.8) is 0 Å². The van der Waals surface area contributed by atoms with E-state index in [4.69, 9.17) is 0 Å². The van der Waals surface area contributed by atoms with E-state index in [0.717, 1.165) is 44.2 Å². The van der Waals surface area contributed by atoms with Crippen molar-refractivity contribution in [1.82, 2.24) is 15.0 Å². The summed E-state index contributed by atoms with van der Waals surface area (Å²) in [7, 11) is 0. The van der Waals surface area contributed by atoms with Crippen molar-refractivity contribution in [2.24, 2.45) is 0 Å². The lowest BCUT2D eigenvalue weighted by atomic mass is 10.2. The second-order valence-corrected chi connectivity index (χ2v) is 4.59. The molecule has 2 aromatic heterocycles. The van der Waals surface area contributed by atoms with Crippen LogP contribution < -0.4 is 9.80 Å². The van der Waals surface area contributed by atoms with Gasteiger partial charge in [-0.25, -0.2) is 15.0 Å². The zero-order chi connectivity index (χ0) is 13.8. The molecule has 1 saturated heterocycles. The number of piperazine rings is 1. The van der Waals surface area contributed by atoms with Gasteiger partial charge < -0.3 is 9.80 Å². The number of hydrogen-bond donors (Lipinski definition) is 0. The Bertz CT molecular complexity index is 564. The first-order chi connectivity index (χ1) is 9.86. The van der Waals surface area contributed by atoms with Gasteiger partial charge >= 0.3 is 0 Å². The summed E-state index contributed by atoms with van der Waals surface area (Å²) in [6, 6.07) is 5.50. The second kappa shape index (κ2) is 5.64. The van der Waals surface area contributed by atoms with Crippen molar-refractivity contribution in [3.05, 3.63) is 42.4 Å². The number of hydrogen-bond acceptors (Lipinski definition) is 6. The summed E-state index contributed by atoms with van der Waals surface area (Å²) in [5.41, 5.74) is 0.602. The predicted octanol–water partition coefficient (Wildman–Crippen LogP) is 1.01. The molecular formula is C14H15N5O. The highest BCUT2D eigenvalue weighted by Gasteiger charge is 2.19. The van der Waals surface area contributed by atoms with Gasteiger partial charge in [-0.2, -0.15) is 0 Å². The van der Waals surface area contributed by atoms with Crippen molar-refractivity contribution in [2.75, 3.05) is 36.0 Å². The Kier molecular flexibility index (Phi) is 3.54. The van der Waals surface area contributed by atoms with Gasteiger partial charge in [0.2, 0.25) is 5.95 Å². The third kappa shape index (κ3) is 2.59. The molecule has 6 nitrogen and oxygen atoms in total. The van der Waals surface area contributed by atoms with Crippen LogP contribution in [0.1, 0.15) is 10.4 Å². The number of carbonyl (C=O) groups is 1. The lowest BCUT2D eigenvalue weighted by Crippen LogP contribution is -2.47. The van der Waals surface area contributed by atoms with E-state index >= 15 is 0 Å². The first kappa shape index (κ1) is 12.5. The van der Waals surface area contributed by atoms with E-state index in [-0.39, 0.29) is 0 Å². The van der Waals surface area contributed by atoms with E-state index in [2.05, 4.69) is 24.8 Å². The highest BCUT2D eigenvalue weighted by atomic mass is 16.1. The summed E-state index contributed by atoms with van der Waals surface area (Å²) in [5, 5.41) is 0. The van der Waals surface area contributed by atoms with Crippen LogP contribution in [-0.4, -0.2) is 47.4 Å². The number of aromatic nitrogens is 3. The van der Waals surface area contributed by atoms with Crippen LogP contribution in [-0.2, 0) is 0 Å². The molecule has 0 bridgehead atoms. The largest absolute Gasteiger partial charge is 0.353 e. The fourth-order valence-corrected chi connectivity index (χ4v) is 2.24. The zero-order valence-electron chi connectivity index (χ0n) is 11.0. The minimum atomic E-state index is 0.602. The van der Waals surface area contributed by atoms with Gasteiger partial charge in [0.25, 0.3) is 0 Å². The van der Waals surface area contributed by atoms with Crippen molar-refractivity contribution in [1.29, 1.82) is 0 Å². The minimum Gasteiger partial charge on any atom is -0.353 e. The number of pyridine rings is 1.